The number of nitrogens with one attached hydrogen (secondary N) is 1. The van der Waals surface area contributed by atoms with Gasteiger partial charge in [-0.2, -0.15) is 0 Å². The van der Waals surface area contributed by atoms with Crippen molar-refractivity contribution in [1.82, 2.24) is 10.2 Å². The molecular formula is C21H27FN2O. The van der Waals surface area contributed by atoms with E-state index < -0.39 is 0 Å². The summed E-state index contributed by atoms with van der Waals surface area (Å²) in [6, 6.07) is 15.9. The van der Waals surface area contributed by atoms with Crippen LogP contribution in [-0.4, -0.2) is 30.6 Å². The van der Waals surface area contributed by atoms with E-state index in [4.69, 9.17) is 4.74 Å². The number of rotatable bonds is 7. The number of hydrogen-bond donors (Lipinski definition) is 1. The Labute approximate surface area is 149 Å². The zero-order chi connectivity index (χ0) is 17.6. The smallest absolute Gasteiger partial charge is 0.165 e. The lowest BCUT2D eigenvalue weighted by molar-refractivity contribution is 0.190. The van der Waals surface area contributed by atoms with Crippen molar-refractivity contribution in [1.29, 1.82) is 0 Å². The van der Waals surface area contributed by atoms with Crippen molar-refractivity contribution >= 4 is 0 Å². The molecule has 0 radical (unpaired) electrons. The summed E-state index contributed by atoms with van der Waals surface area (Å²) in [5.74, 6) is 0.0859. The highest BCUT2D eigenvalue weighted by Gasteiger charge is 2.25. The van der Waals surface area contributed by atoms with Gasteiger partial charge < -0.3 is 10.1 Å². The van der Waals surface area contributed by atoms with Crippen LogP contribution in [0.1, 0.15) is 37.4 Å². The molecule has 1 saturated heterocycles. The van der Waals surface area contributed by atoms with Gasteiger partial charge in [0.05, 0.1) is 0 Å². The van der Waals surface area contributed by atoms with E-state index in [0.717, 1.165) is 38.2 Å². The summed E-state index contributed by atoms with van der Waals surface area (Å²) < 4.78 is 20.3. The third-order valence-corrected chi connectivity index (χ3v) is 4.74. The Morgan fingerprint density at radius 2 is 2.04 bits per heavy atom. The lowest BCUT2D eigenvalue weighted by Gasteiger charge is -2.18. The lowest BCUT2D eigenvalue weighted by Crippen LogP contribution is -2.24. The minimum Gasteiger partial charge on any atom is -0.486 e. The predicted molar refractivity (Wildman–Crippen MR) is 99.2 cm³/mol. The van der Waals surface area contributed by atoms with Gasteiger partial charge in [0.2, 0.25) is 0 Å². The zero-order valence-electron chi connectivity index (χ0n) is 15.0. The zero-order valence-corrected chi connectivity index (χ0v) is 15.0. The van der Waals surface area contributed by atoms with Gasteiger partial charge in [0.25, 0.3) is 0 Å². The number of benzene rings is 2. The van der Waals surface area contributed by atoms with E-state index in [1.54, 1.807) is 12.1 Å². The van der Waals surface area contributed by atoms with Gasteiger partial charge in [-0.3, -0.25) is 4.90 Å². The Bertz CT molecular complexity index is 677. The molecule has 2 unspecified atom stereocenters. The number of nitrogens with zero attached hydrogens (tertiary/aromatic N) is 1. The molecule has 1 fully saturated rings. The van der Waals surface area contributed by atoms with Gasteiger partial charge in [-0.1, -0.05) is 43.3 Å². The van der Waals surface area contributed by atoms with Gasteiger partial charge in [0.1, 0.15) is 6.10 Å². The van der Waals surface area contributed by atoms with Crippen LogP contribution in [0.25, 0.3) is 0 Å². The molecule has 2 aromatic rings. The molecule has 2 atom stereocenters. The fourth-order valence-corrected chi connectivity index (χ4v) is 3.36. The van der Waals surface area contributed by atoms with E-state index in [0.29, 0.717) is 5.75 Å². The van der Waals surface area contributed by atoms with Crippen LogP contribution >= 0.6 is 0 Å². The van der Waals surface area contributed by atoms with Crippen LogP contribution in [0.2, 0.25) is 0 Å². The number of halogens is 1. The van der Waals surface area contributed by atoms with Crippen LogP contribution in [0.15, 0.2) is 48.5 Å². The molecule has 2 aromatic carbocycles. The van der Waals surface area contributed by atoms with Crippen LogP contribution < -0.4 is 10.1 Å². The van der Waals surface area contributed by atoms with Crippen LogP contribution in [0.5, 0.6) is 5.75 Å². The van der Waals surface area contributed by atoms with Crippen LogP contribution in [0, 0.1) is 5.82 Å². The first-order valence-corrected chi connectivity index (χ1v) is 9.11. The average Bonchev–Trinajstić information content (AvgIpc) is 3.05. The molecular weight excluding hydrogens is 315 g/mol. The fraction of sp³-hybridized carbons (Fsp3) is 0.429. The largest absolute Gasteiger partial charge is 0.486 e. The van der Waals surface area contributed by atoms with E-state index in [-0.39, 0.29) is 18.0 Å². The minimum atomic E-state index is -0.274. The van der Waals surface area contributed by atoms with E-state index in [9.17, 15) is 4.39 Å². The predicted octanol–water partition coefficient (Wildman–Crippen LogP) is 4.15. The lowest BCUT2D eigenvalue weighted by atomic mass is 10.1. The second-order valence-electron chi connectivity index (χ2n) is 6.72. The summed E-state index contributed by atoms with van der Waals surface area (Å²) in [6.45, 7) is 7.69. The highest BCUT2D eigenvalue weighted by Crippen LogP contribution is 2.25. The Hall–Kier alpha value is -1.91. The molecule has 3 rings (SSSR count). The fourth-order valence-electron chi connectivity index (χ4n) is 3.36. The van der Waals surface area contributed by atoms with Crippen molar-refractivity contribution < 1.29 is 9.13 Å². The number of ether oxygens (including phenoxy) is 1. The summed E-state index contributed by atoms with van der Waals surface area (Å²) in [4.78, 5) is 2.36. The van der Waals surface area contributed by atoms with Gasteiger partial charge in [0, 0.05) is 25.7 Å². The van der Waals surface area contributed by atoms with Gasteiger partial charge in [-0.25, -0.2) is 4.39 Å². The van der Waals surface area contributed by atoms with Crippen molar-refractivity contribution in [3.05, 3.63) is 65.5 Å². The molecule has 1 N–H and O–H groups in total. The summed E-state index contributed by atoms with van der Waals surface area (Å²) in [7, 11) is 0. The molecule has 134 valence electrons. The monoisotopic (exact) mass is 342 g/mol. The molecule has 1 aliphatic rings. The molecule has 0 saturated carbocycles. The normalized spacial score (nSPS) is 19.1. The molecule has 1 aliphatic heterocycles. The van der Waals surface area contributed by atoms with Crippen molar-refractivity contribution in [2.24, 2.45) is 0 Å². The van der Waals surface area contributed by atoms with Gasteiger partial charge in [0.15, 0.2) is 11.6 Å². The van der Waals surface area contributed by atoms with Crippen molar-refractivity contribution in [2.75, 3.05) is 19.6 Å². The van der Waals surface area contributed by atoms with Gasteiger partial charge >= 0.3 is 0 Å². The highest BCUT2D eigenvalue weighted by molar-refractivity contribution is 5.31. The van der Waals surface area contributed by atoms with E-state index >= 15 is 0 Å². The first kappa shape index (κ1) is 17.9. The van der Waals surface area contributed by atoms with Crippen LogP contribution in [-0.2, 0) is 6.54 Å². The standard InChI is InChI=1S/C21H27FN2O/c1-3-23-16(2)18-9-10-21(20(22)13-18)25-19-11-12-24(15-19)14-17-7-5-4-6-8-17/h4-10,13,16,19,23H,3,11-12,14-15H2,1-2H3. The quantitative estimate of drug-likeness (QED) is 0.818. The topological polar surface area (TPSA) is 24.5 Å². The Morgan fingerprint density at radius 3 is 2.76 bits per heavy atom. The Kier molecular flexibility index (Phi) is 6.05. The van der Waals surface area contributed by atoms with Crippen molar-refractivity contribution in [2.45, 2.75) is 39.0 Å². The average molecular weight is 342 g/mol. The second kappa shape index (κ2) is 8.45. The third-order valence-electron chi connectivity index (χ3n) is 4.74. The van der Waals surface area contributed by atoms with E-state index in [1.807, 2.05) is 26.0 Å². The number of likely N-dealkylation sites (tertiary alicyclic amines) is 1. The maximum Gasteiger partial charge on any atom is 0.165 e. The first-order chi connectivity index (χ1) is 12.2. The molecule has 0 bridgehead atoms. The summed E-state index contributed by atoms with van der Waals surface area (Å²) in [5.41, 5.74) is 2.25. The molecule has 0 spiro atoms. The van der Waals surface area contributed by atoms with Gasteiger partial charge in [-0.15, -0.1) is 0 Å². The maximum absolute atomic E-state index is 14.4. The summed E-state index contributed by atoms with van der Waals surface area (Å²) in [6.07, 6.45) is 0.984. The highest BCUT2D eigenvalue weighted by atomic mass is 19.1. The second-order valence-corrected chi connectivity index (χ2v) is 6.72. The Morgan fingerprint density at radius 1 is 1.24 bits per heavy atom. The molecule has 0 aliphatic carbocycles. The van der Waals surface area contributed by atoms with Crippen LogP contribution in [0.4, 0.5) is 4.39 Å². The SMILES string of the molecule is CCNC(C)c1ccc(OC2CCN(Cc3ccccc3)C2)c(F)c1. The molecule has 3 nitrogen and oxygen atoms in total. The third kappa shape index (κ3) is 4.80. The van der Waals surface area contributed by atoms with Crippen LogP contribution in [0.3, 0.4) is 0 Å². The summed E-state index contributed by atoms with van der Waals surface area (Å²) in [5, 5.41) is 3.30. The van der Waals surface area contributed by atoms with Crippen molar-refractivity contribution in [3.8, 4) is 5.75 Å². The first-order valence-electron chi connectivity index (χ1n) is 9.11. The van der Waals surface area contributed by atoms with Crippen molar-refractivity contribution in [3.63, 3.8) is 0 Å². The number of hydrogen-bond acceptors (Lipinski definition) is 3. The maximum atomic E-state index is 14.4. The summed E-state index contributed by atoms with van der Waals surface area (Å²) >= 11 is 0. The molecule has 0 amide bonds. The van der Waals surface area contributed by atoms with E-state index in [2.05, 4.69) is 34.5 Å². The molecule has 0 aromatic heterocycles. The molecule has 1 heterocycles. The molecule has 4 heteroatoms. The minimum absolute atomic E-state index is 0.0512. The molecule has 25 heavy (non-hydrogen) atoms. The van der Waals surface area contributed by atoms with Gasteiger partial charge in [-0.05, 0) is 43.1 Å². The van der Waals surface area contributed by atoms with E-state index in [1.165, 1.54) is 5.56 Å². The Balaban J connectivity index is 1.56.